The number of rotatable bonds is 6. The molecule has 0 saturated heterocycles. The van der Waals surface area contributed by atoms with E-state index in [2.05, 4.69) is 53.9 Å². The van der Waals surface area contributed by atoms with Crippen LogP contribution in [0.2, 0.25) is 37.3 Å². The first-order chi connectivity index (χ1) is 13.9. The zero-order valence-electron chi connectivity index (χ0n) is 19.4. The maximum atomic E-state index is 12.8. The molecular formula is C24H34O4Si2. The second-order valence-corrected chi connectivity index (χ2v) is 19.9. The Hall–Kier alpha value is -2.19. The molecule has 0 atom stereocenters. The average Bonchev–Trinajstić information content (AvgIpc) is 2.71. The van der Waals surface area contributed by atoms with Crippen LogP contribution in [0.4, 0.5) is 0 Å². The van der Waals surface area contributed by atoms with Crippen molar-refractivity contribution in [3.05, 3.63) is 59.7 Å². The smallest absolute Gasteiger partial charge is 0.242 e. The Morgan fingerprint density at radius 3 is 1.23 bits per heavy atom. The summed E-state index contributed by atoms with van der Waals surface area (Å²) in [5.41, 5.74) is 1.84. The Morgan fingerprint density at radius 2 is 0.933 bits per heavy atom. The monoisotopic (exact) mass is 442 g/mol. The topological polar surface area (TPSA) is 52.6 Å². The molecule has 0 radical (unpaired) electrons. The van der Waals surface area contributed by atoms with Gasteiger partial charge in [0, 0.05) is 0 Å². The van der Waals surface area contributed by atoms with Crippen LogP contribution in [-0.4, -0.2) is 28.1 Å². The molecule has 2 aromatic carbocycles. The molecule has 0 aliphatic rings. The van der Waals surface area contributed by atoms with Crippen LogP contribution in [0.1, 0.15) is 48.4 Å². The van der Waals surface area contributed by atoms with Gasteiger partial charge in [0.05, 0.1) is 27.3 Å². The van der Waals surface area contributed by atoms with Gasteiger partial charge in [0.15, 0.2) is 0 Å². The molecule has 0 N–H and O–H groups in total. The highest BCUT2D eigenvalue weighted by atomic mass is 28.3. The lowest BCUT2D eigenvalue weighted by Gasteiger charge is -2.29. The zero-order chi connectivity index (χ0) is 22.7. The summed E-state index contributed by atoms with van der Waals surface area (Å²) in [6, 6.07) is 14.9. The maximum absolute atomic E-state index is 12.8. The van der Waals surface area contributed by atoms with Crippen LogP contribution in [0.25, 0.3) is 0 Å². The lowest BCUT2D eigenvalue weighted by atomic mass is 10.2. The number of hydrogen-bond acceptors (Lipinski definition) is 4. The Bertz CT molecular complexity index is 841. The van der Waals surface area contributed by atoms with Gasteiger partial charge in [-0.3, -0.25) is 0 Å². The maximum Gasteiger partial charge on any atom is 0.386 e. The molecule has 0 aliphatic carbocycles. The van der Waals surface area contributed by atoms with Gasteiger partial charge in [0.1, 0.15) is 0 Å². The van der Waals surface area contributed by atoms with E-state index in [9.17, 15) is 9.59 Å². The fourth-order valence-electron chi connectivity index (χ4n) is 3.23. The summed E-state index contributed by atoms with van der Waals surface area (Å²) in [6.07, 6.45) is 0. The van der Waals surface area contributed by atoms with Crippen LogP contribution >= 0.6 is 0 Å². The van der Waals surface area contributed by atoms with Crippen LogP contribution < -0.4 is 10.4 Å². The van der Waals surface area contributed by atoms with Crippen molar-refractivity contribution in [2.24, 2.45) is 0 Å². The minimum absolute atomic E-state index is 0.448. The van der Waals surface area contributed by atoms with Crippen molar-refractivity contribution in [2.75, 3.05) is 0 Å². The third-order valence-corrected chi connectivity index (χ3v) is 16.2. The van der Waals surface area contributed by atoms with Gasteiger partial charge in [0.2, 0.25) is 0 Å². The molecule has 0 fully saturated rings. The highest BCUT2D eigenvalue weighted by Crippen LogP contribution is 2.23. The van der Waals surface area contributed by atoms with Crippen molar-refractivity contribution in [1.29, 1.82) is 0 Å². The number of hydrogen-bond donors (Lipinski definition) is 0. The van der Waals surface area contributed by atoms with Crippen molar-refractivity contribution < 1.29 is 19.4 Å². The van der Waals surface area contributed by atoms with Crippen LogP contribution in [0, 0.1) is 0 Å². The first-order valence-electron chi connectivity index (χ1n) is 10.5. The number of benzene rings is 2. The normalized spacial score (nSPS) is 12.2. The summed E-state index contributed by atoms with van der Waals surface area (Å²) in [5.74, 6) is -1.25. The standard InChI is InChI=1S/C24H34O4Si2/c1-17(2)29(5,6)21-15-11-9-13-19(21)23(25)27-28-24(26)20-14-10-12-16-22(20)30(7,8)18(3)4/h9-18H,1-8H3. The molecule has 0 spiro atoms. The zero-order valence-corrected chi connectivity index (χ0v) is 21.4. The first kappa shape index (κ1) is 24.1. The van der Waals surface area contributed by atoms with Crippen LogP contribution in [-0.2, 0) is 9.78 Å². The summed E-state index contributed by atoms with van der Waals surface area (Å²) in [4.78, 5) is 35.7. The molecule has 4 nitrogen and oxygen atoms in total. The fraction of sp³-hybridized carbons (Fsp3) is 0.417. The van der Waals surface area contributed by atoms with Crippen molar-refractivity contribution in [3.63, 3.8) is 0 Å². The highest BCUT2D eigenvalue weighted by Gasteiger charge is 2.34. The van der Waals surface area contributed by atoms with E-state index in [0.29, 0.717) is 22.2 Å². The predicted octanol–water partition coefficient (Wildman–Crippen LogP) is 5.27. The van der Waals surface area contributed by atoms with Crippen LogP contribution in [0.15, 0.2) is 48.5 Å². The third kappa shape index (κ3) is 4.92. The molecule has 0 heterocycles. The second-order valence-electron chi connectivity index (χ2n) is 9.59. The van der Waals surface area contributed by atoms with Crippen molar-refractivity contribution in [1.82, 2.24) is 0 Å². The van der Waals surface area contributed by atoms with E-state index >= 15 is 0 Å². The molecule has 0 unspecified atom stereocenters. The lowest BCUT2D eigenvalue weighted by molar-refractivity contribution is -0.187. The van der Waals surface area contributed by atoms with Crippen LogP contribution in [0.3, 0.4) is 0 Å². The van der Waals surface area contributed by atoms with E-state index in [4.69, 9.17) is 9.78 Å². The van der Waals surface area contributed by atoms with E-state index in [1.165, 1.54) is 0 Å². The SMILES string of the molecule is CC(C)[Si](C)(C)c1ccccc1C(=O)OOC(=O)c1ccccc1[Si](C)(C)C(C)C. The summed E-state index contributed by atoms with van der Waals surface area (Å²) in [6.45, 7) is 17.6. The Labute approximate surface area is 182 Å². The lowest BCUT2D eigenvalue weighted by Crippen LogP contribution is -2.47. The Balaban J connectivity index is 2.25. The molecular weight excluding hydrogens is 408 g/mol. The van der Waals surface area contributed by atoms with E-state index in [1.54, 1.807) is 24.3 Å². The van der Waals surface area contributed by atoms with Crippen LogP contribution in [0.5, 0.6) is 0 Å². The second kappa shape index (κ2) is 9.31. The highest BCUT2D eigenvalue weighted by molar-refractivity contribution is 6.92. The molecule has 0 amide bonds. The van der Waals surface area contributed by atoms with Gasteiger partial charge in [-0.1, -0.05) is 90.3 Å². The quantitative estimate of drug-likeness (QED) is 0.348. The summed E-state index contributed by atoms with van der Waals surface area (Å²) in [5, 5.41) is 2.02. The molecule has 0 aromatic heterocycles. The summed E-state index contributed by atoms with van der Waals surface area (Å²) >= 11 is 0. The van der Waals surface area contributed by atoms with Crippen molar-refractivity contribution >= 4 is 38.5 Å². The minimum atomic E-state index is -1.87. The molecule has 162 valence electrons. The molecule has 6 heteroatoms. The molecule has 0 aliphatic heterocycles. The van der Waals surface area contributed by atoms with Gasteiger partial charge < -0.3 is 0 Å². The van der Waals surface area contributed by atoms with Gasteiger partial charge >= 0.3 is 11.9 Å². The van der Waals surface area contributed by atoms with Gasteiger partial charge in [0.25, 0.3) is 0 Å². The largest absolute Gasteiger partial charge is 0.386 e. The predicted molar refractivity (Wildman–Crippen MR) is 128 cm³/mol. The Morgan fingerprint density at radius 1 is 0.633 bits per heavy atom. The summed E-state index contributed by atoms with van der Waals surface area (Å²) < 4.78 is 0. The minimum Gasteiger partial charge on any atom is -0.242 e. The number of carbonyl (C=O) groups excluding carboxylic acids is 2. The van der Waals surface area contributed by atoms with E-state index in [-0.39, 0.29) is 0 Å². The third-order valence-electron chi connectivity index (χ3n) is 6.76. The molecule has 2 aromatic rings. The number of carbonyl (C=O) groups is 2. The van der Waals surface area contributed by atoms with Gasteiger partial charge in [-0.15, -0.1) is 0 Å². The molecule has 0 bridgehead atoms. The molecule has 2 rings (SSSR count). The fourth-order valence-corrected chi connectivity index (χ4v) is 7.29. The van der Waals surface area contributed by atoms with E-state index < -0.39 is 28.1 Å². The molecule has 0 saturated carbocycles. The first-order valence-corrected chi connectivity index (χ1v) is 16.7. The van der Waals surface area contributed by atoms with Crippen molar-refractivity contribution in [2.45, 2.75) is 65.0 Å². The average molecular weight is 443 g/mol. The molecule has 30 heavy (non-hydrogen) atoms. The van der Waals surface area contributed by atoms with Gasteiger partial charge in [-0.2, -0.15) is 0 Å². The Kier molecular flexibility index (Phi) is 7.47. The van der Waals surface area contributed by atoms with Crippen molar-refractivity contribution in [3.8, 4) is 0 Å². The van der Waals surface area contributed by atoms with E-state index in [0.717, 1.165) is 10.4 Å². The summed E-state index contributed by atoms with van der Waals surface area (Å²) in [7, 11) is -3.73. The van der Waals surface area contributed by atoms with Gasteiger partial charge in [-0.25, -0.2) is 19.4 Å². The van der Waals surface area contributed by atoms with Gasteiger partial charge in [-0.05, 0) is 33.6 Å². The van der Waals surface area contributed by atoms with E-state index in [1.807, 2.05) is 24.3 Å².